The van der Waals surface area contributed by atoms with Crippen molar-refractivity contribution >= 4 is 6.03 Å². The van der Waals surface area contributed by atoms with E-state index in [1.165, 1.54) is 63.4 Å². The zero-order chi connectivity index (χ0) is 21.7. The lowest BCUT2D eigenvalue weighted by molar-refractivity contribution is -0.0596. The number of nitrogens with one attached hydrogen (secondary N) is 1. The number of hydrogen-bond acceptors (Lipinski definition) is 2. The molecule has 1 atom stereocenters. The summed E-state index contributed by atoms with van der Waals surface area (Å²) in [5.41, 5.74) is 1.85. The maximum Gasteiger partial charge on any atom is 0.317 e. The van der Waals surface area contributed by atoms with Gasteiger partial charge in [-0.25, -0.2) is 4.79 Å². The van der Waals surface area contributed by atoms with Crippen LogP contribution in [0.4, 0.5) is 4.79 Å². The lowest BCUT2D eigenvalue weighted by Crippen LogP contribution is -2.48. The first-order chi connectivity index (χ1) is 15.1. The molecule has 4 aliphatic carbocycles. The van der Waals surface area contributed by atoms with Gasteiger partial charge in [-0.3, -0.25) is 4.98 Å². The molecule has 4 bridgehead atoms. The van der Waals surface area contributed by atoms with Crippen molar-refractivity contribution in [3.8, 4) is 0 Å². The summed E-state index contributed by atoms with van der Waals surface area (Å²) in [6.45, 7) is 7.06. The fraction of sp³-hybridized carbons (Fsp3) is 0.778. The van der Waals surface area contributed by atoms with Gasteiger partial charge in [0.1, 0.15) is 0 Å². The quantitative estimate of drug-likeness (QED) is 0.418. The average molecular weight is 426 g/mol. The lowest BCUT2D eigenvalue weighted by Gasteiger charge is -2.57. The number of pyridine rings is 1. The summed E-state index contributed by atoms with van der Waals surface area (Å²) in [5, 5.41) is 3.24. The van der Waals surface area contributed by atoms with Gasteiger partial charge in [-0.15, -0.1) is 0 Å². The molecule has 1 aromatic rings. The van der Waals surface area contributed by atoms with Crippen LogP contribution < -0.4 is 5.32 Å². The second kappa shape index (κ2) is 10.4. The second-order valence-electron chi connectivity index (χ2n) is 11.1. The van der Waals surface area contributed by atoms with E-state index in [9.17, 15) is 4.79 Å². The van der Waals surface area contributed by atoms with Crippen LogP contribution in [0.1, 0.15) is 96.0 Å². The molecule has 0 aliphatic heterocycles. The number of amides is 2. The number of hydrogen-bond donors (Lipinski definition) is 1. The number of aromatic nitrogens is 1. The van der Waals surface area contributed by atoms with E-state index in [-0.39, 0.29) is 6.03 Å². The van der Waals surface area contributed by atoms with Crippen LogP contribution in [0.25, 0.3) is 0 Å². The Hall–Kier alpha value is -1.58. The molecule has 4 saturated carbocycles. The van der Waals surface area contributed by atoms with Gasteiger partial charge in [0.15, 0.2) is 0 Å². The predicted octanol–water partition coefficient (Wildman–Crippen LogP) is 6.38. The largest absolute Gasteiger partial charge is 0.338 e. The Kier molecular flexibility index (Phi) is 7.55. The van der Waals surface area contributed by atoms with E-state index in [0.29, 0.717) is 11.3 Å². The highest BCUT2D eigenvalue weighted by atomic mass is 16.2. The minimum absolute atomic E-state index is 0.155. The molecule has 2 amide bonds. The Morgan fingerprint density at radius 2 is 1.74 bits per heavy atom. The van der Waals surface area contributed by atoms with Crippen LogP contribution in [0.2, 0.25) is 0 Å². The average Bonchev–Trinajstić information content (AvgIpc) is 2.75. The van der Waals surface area contributed by atoms with Gasteiger partial charge in [-0.2, -0.15) is 0 Å². The standard InChI is InChI=1S/C27H43N3O/c1-3-4-5-13-30(26(31)29-12-6-21(2)25-7-10-28-11-8-25)14-9-27-18-22-15-23(19-27)17-24(16-22)20-27/h7-8,10-11,21-24H,3-6,9,12-20H2,1-2H3,(H,29,31). The first-order valence-corrected chi connectivity index (χ1v) is 13.0. The van der Waals surface area contributed by atoms with Gasteiger partial charge in [0.25, 0.3) is 0 Å². The van der Waals surface area contributed by atoms with Gasteiger partial charge >= 0.3 is 6.03 Å². The van der Waals surface area contributed by atoms with Crippen molar-refractivity contribution in [2.75, 3.05) is 19.6 Å². The van der Waals surface area contributed by atoms with E-state index in [1.807, 2.05) is 12.4 Å². The van der Waals surface area contributed by atoms with Crippen molar-refractivity contribution < 1.29 is 4.79 Å². The van der Waals surface area contributed by atoms with Crippen LogP contribution in [0.5, 0.6) is 0 Å². The number of carbonyl (C=O) groups excluding carboxylic acids is 1. The lowest BCUT2D eigenvalue weighted by atomic mass is 9.49. The fourth-order valence-corrected chi connectivity index (χ4v) is 7.20. The van der Waals surface area contributed by atoms with E-state index < -0.39 is 0 Å². The summed E-state index contributed by atoms with van der Waals surface area (Å²) in [6.07, 6.45) is 18.2. The predicted molar refractivity (Wildman–Crippen MR) is 127 cm³/mol. The Morgan fingerprint density at radius 1 is 1.10 bits per heavy atom. The maximum absolute atomic E-state index is 13.1. The summed E-state index contributed by atoms with van der Waals surface area (Å²) in [5.74, 6) is 3.40. The van der Waals surface area contributed by atoms with Gasteiger partial charge in [0, 0.05) is 32.0 Å². The summed E-state index contributed by atoms with van der Waals surface area (Å²) >= 11 is 0. The van der Waals surface area contributed by atoms with Gasteiger partial charge in [0.2, 0.25) is 0 Å². The maximum atomic E-state index is 13.1. The summed E-state index contributed by atoms with van der Waals surface area (Å²) in [6, 6.07) is 4.31. The molecule has 4 fully saturated rings. The van der Waals surface area contributed by atoms with Gasteiger partial charge < -0.3 is 10.2 Å². The van der Waals surface area contributed by atoms with E-state index in [0.717, 1.165) is 50.2 Å². The molecule has 5 rings (SSSR count). The molecule has 1 heterocycles. The Morgan fingerprint density at radius 3 is 2.35 bits per heavy atom. The molecule has 31 heavy (non-hydrogen) atoms. The van der Waals surface area contributed by atoms with Crippen molar-refractivity contribution in [3.05, 3.63) is 30.1 Å². The summed E-state index contributed by atoms with van der Waals surface area (Å²) in [7, 11) is 0. The molecule has 4 heteroatoms. The molecule has 4 aliphatic rings. The van der Waals surface area contributed by atoms with Gasteiger partial charge in [0.05, 0.1) is 0 Å². The molecule has 0 radical (unpaired) electrons. The van der Waals surface area contributed by atoms with Crippen molar-refractivity contribution in [1.29, 1.82) is 0 Å². The SMILES string of the molecule is CCCCCN(CCC12CC3CC(CC(C3)C1)C2)C(=O)NCCC(C)c1ccncc1. The molecule has 0 saturated heterocycles. The van der Waals surface area contributed by atoms with Crippen molar-refractivity contribution in [1.82, 2.24) is 15.2 Å². The first kappa shape index (κ1) is 22.6. The molecule has 1 aromatic heterocycles. The Bertz CT molecular complexity index is 668. The first-order valence-electron chi connectivity index (χ1n) is 13.0. The molecule has 4 nitrogen and oxygen atoms in total. The molecule has 1 N–H and O–H groups in total. The Labute approximate surface area is 189 Å². The van der Waals surface area contributed by atoms with Gasteiger partial charge in [-0.1, -0.05) is 26.7 Å². The molecule has 172 valence electrons. The van der Waals surface area contributed by atoms with Crippen LogP contribution in [-0.4, -0.2) is 35.5 Å². The topological polar surface area (TPSA) is 45.2 Å². The zero-order valence-electron chi connectivity index (χ0n) is 19.8. The van der Waals surface area contributed by atoms with Crippen LogP contribution in [0.15, 0.2) is 24.5 Å². The number of nitrogens with zero attached hydrogens (tertiary/aromatic N) is 2. The van der Waals surface area contributed by atoms with Crippen LogP contribution in [-0.2, 0) is 0 Å². The highest BCUT2D eigenvalue weighted by Crippen LogP contribution is 2.61. The minimum Gasteiger partial charge on any atom is -0.338 e. The third kappa shape index (κ3) is 5.81. The highest BCUT2D eigenvalue weighted by molar-refractivity contribution is 5.74. The molecular weight excluding hydrogens is 382 g/mol. The summed E-state index contributed by atoms with van der Waals surface area (Å²) in [4.78, 5) is 19.3. The van der Waals surface area contributed by atoms with Crippen molar-refractivity contribution in [2.45, 2.75) is 90.4 Å². The van der Waals surface area contributed by atoms with E-state index in [4.69, 9.17) is 0 Å². The summed E-state index contributed by atoms with van der Waals surface area (Å²) < 4.78 is 0. The monoisotopic (exact) mass is 425 g/mol. The van der Waals surface area contributed by atoms with E-state index in [1.54, 1.807) is 0 Å². The highest BCUT2D eigenvalue weighted by Gasteiger charge is 2.50. The van der Waals surface area contributed by atoms with Crippen molar-refractivity contribution in [2.24, 2.45) is 23.2 Å². The molecule has 1 unspecified atom stereocenters. The third-order valence-electron chi connectivity index (χ3n) is 8.52. The number of rotatable bonds is 11. The third-order valence-corrected chi connectivity index (χ3v) is 8.52. The normalized spacial score (nSPS) is 29.7. The van der Waals surface area contributed by atoms with Gasteiger partial charge in [-0.05, 0) is 105 Å². The van der Waals surface area contributed by atoms with Crippen LogP contribution in [0, 0.1) is 23.2 Å². The second-order valence-corrected chi connectivity index (χ2v) is 11.1. The fourth-order valence-electron chi connectivity index (χ4n) is 7.20. The smallest absolute Gasteiger partial charge is 0.317 e. The molecule has 0 aromatic carbocycles. The number of unbranched alkanes of at least 4 members (excludes halogenated alkanes) is 2. The number of carbonyl (C=O) groups is 1. The molecular formula is C27H43N3O. The van der Waals surface area contributed by atoms with Crippen LogP contribution in [0.3, 0.4) is 0 Å². The van der Waals surface area contributed by atoms with E-state index >= 15 is 0 Å². The minimum atomic E-state index is 0.155. The Balaban J connectivity index is 1.28. The number of urea groups is 1. The molecule has 0 spiro atoms. The van der Waals surface area contributed by atoms with E-state index in [2.05, 4.69) is 41.2 Å². The van der Waals surface area contributed by atoms with Crippen LogP contribution >= 0.6 is 0 Å². The van der Waals surface area contributed by atoms with Crippen molar-refractivity contribution in [3.63, 3.8) is 0 Å². The zero-order valence-corrected chi connectivity index (χ0v) is 19.8.